The highest BCUT2D eigenvalue weighted by atomic mass is 32.2. The molecular weight excluding hydrogens is 316 g/mol. The molecule has 122 valence electrons. The van der Waals surface area contributed by atoms with Crippen LogP contribution < -0.4 is 16.0 Å². The summed E-state index contributed by atoms with van der Waals surface area (Å²) in [5, 5.41) is 3.14. The lowest BCUT2D eigenvalue weighted by atomic mass is 10.2. The van der Waals surface area contributed by atoms with Gasteiger partial charge in [-0.2, -0.15) is 0 Å². The summed E-state index contributed by atoms with van der Waals surface area (Å²) in [6.45, 7) is 0.535. The van der Waals surface area contributed by atoms with E-state index in [9.17, 15) is 9.00 Å². The zero-order chi connectivity index (χ0) is 16.8. The van der Waals surface area contributed by atoms with E-state index in [1.54, 1.807) is 24.1 Å². The molecule has 4 N–H and O–H groups in total. The average molecular weight is 334 g/mol. The van der Waals surface area contributed by atoms with E-state index in [2.05, 4.69) is 10.3 Å². The molecule has 0 aliphatic carbocycles. The van der Waals surface area contributed by atoms with Gasteiger partial charge in [0.15, 0.2) is 11.1 Å². The summed E-state index contributed by atoms with van der Waals surface area (Å²) in [6.07, 6.45) is 1.42. The van der Waals surface area contributed by atoms with Gasteiger partial charge in [0.25, 0.3) is 0 Å². The van der Waals surface area contributed by atoms with Gasteiger partial charge in [-0.15, -0.1) is 0 Å². The number of nitrogens with one attached hydrogen (secondary N) is 1. The summed E-state index contributed by atoms with van der Waals surface area (Å²) in [5.41, 5.74) is 7.37. The fourth-order valence-electron chi connectivity index (χ4n) is 1.98. The van der Waals surface area contributed by atoms with E-state index < -0.39 is 17.0 Å². The SMILES string of the molecule is CN(CS(=O)O)c1cccc(CNc2ccc(C(N)=O)cn2)c1. The molecule has 8 heteroatoms. The Morgan fingerprint density at radius 3 is 2.78 bits per heavy atom. The van der Waals surface area contributed by atoms with Crippen molar-refractivity contribution < 1.29 is 13.6 Å². The third kappa shape index (κ3) is 5.04. The van der Waals surface area contributed by atoms with Crippen molar-refractivity contribution >= 4 is 28.5 Å². The first-order valence-corrected chi connectivity index (χ1v) is 8.10. The minimum atomic E-state index is -1.88. The Morgan fingerprint density at radius 2 is 2.17 bits per heavy atom. The molecule has 1 amide bonds. The van der Waals surface area contributed by atoms with Gasteiger partial charge in [-0.3, -0.25) is 4.79 Å². The Bertz CT molecular complexity index is 706. The highest BCUT2D eigenvalue weighted by Gasteiger charge is 2.05. The smallest absolute Gasteiger partial charge is 0.250 e. The number of hydrogen-bond acceptors (Lipinski definition) is 5. The van der Waals surface area contributed by atoms with Crippen LogP contribution in [0.5, 0.6) is 0 Å². The third-order valence-corrected chi connectivity index (χ3v) is 3.79. The number of benzene rings is 1. The van der Waals surface area contributed by atoms with Crippen LogP contribution in [0.3, 0.4) is 0 Å². The molecule has 1 atom stereocenters. The molecular formula is C15H18N4O3S. The van der Waals surface area contributed by atoms with Gasteiger partial charge in [0.05, 0.1) is 5.56 Å². The second kappa shape index (κ2) is 7.70. The second-order valence-corrected chi connectivity index (χ2v) is 5.87. The van der Waals surface area contributed by atoms with Crippen molar-refractivity contribution in [3.05, 3.63) is 53.7 Å². The van der Waals surface area contributed by atoms with Crippen molar-refractivity contribution in [2.24, 2.45) is 5.73 Å². The normalized spacial score (nSPS) is 11.7. The van der Waals surface area contributed by atoms with Gasteiger partial charge in [0.2, 0.25) is 5.91 Å². The molecule has 0 aliphatic rings. The van der Waals surface area contributed by atoms with Crippen molar-refractivity contribution in [1.82, 2.24) is 4.98 Å². The van der Waals surface area contributed by atoms with Gasteiger partial charge in [-0.25, -0.2) is 9.19 Å². The largest absolute Gasteiger partial charge is 0.366 e. The average Bonchev–Trinajstić information content (AvgIpc) is 2.53. The predicted molar refractivity (Wildman–Crippen MR) is 90.6 cm³/mol. The third-order valence-electron chi connectivity index (χ3n) is 3.18. The Morgan fingerprint density at radius 1 is 1.39 bits per heavy atom. The minimum absolute atomic E-state index is 0.0486. The lowest BCUT2D eigenvalue weighted by Gasteiger charge is -2.18. The highest BCUT2D eigenvalue weighted by molar-refractivity contribution is 7.79. The quantitative estimate of drug-likeness (QED) is 0.661. The van der Waals surface area contributed by atoms with E-state index in [1.165, 1.54) is 6.20 Å². The van der Waals surface area contributed by atoms with Crippen molar-refractivity contribution in [3.8, 4) is 0 Å². The van der Waals surface area contributed by atoms with E-state index in [0.29, 0.717) is 17.9 Å². The van der Waals surface area contributed by atoms with Crippen LogP contribution in [0.25, 0.3) is 0 Å². The fraction of sp³-hybridized carbons (Fsp3) is 0.200. The highest BCUT2D eigenvalue weighted by Crippen LogP contribution is 2.16. The van der Waals surface area contributed by atoms with Crippen molar-refractivity contribution in [2.45, 2.75) is 6.54 Å². The van der Waals surface area contributed by atoms with Crippen LogP contribution in [-0.4, -0.2) is 32.6 Å². The molecule has 2 aromatic rings. The number of amides is 1. The maximum Gasteiger partial charge on any atom is 0.250 e. The molecule has 1 heterocycles. The summed E-state index contributed by atoms with van der Waals surface area (Å²) in [5.74, 6) is 0.166. The maximum atomic E-state index is 11.0. The Hall–Kier alpha value is -2.45. The summed E-state index contributed by atoms with van der Waals surface area (Å²) in [4.78, 5) is 16.8. The molecule has 0 bridgehead atoms. The minimum Gasteiger partial charge on any atom is -0.366 e. The van der Waals surface area contributed by atoms with E-state index in [-0.39, 0.29) is 5.88 Å². The Labute approximate surface area is 136 Å². The topological polar surface area (TPSA) is 109 Å². The van der Waals surface area contributed by atoms with Gasteiger partial charge in [-0.1, -0.05) is 12.1 Å². The molecule has 1 unspecified atom stereocenters. The molecule has 0 saturated heterocycles. The van der Waals surface area contributed by atoms with Crippen LogP contribution in [0, 0.1) is 0 Å². The molecule has 0 radical (unpaired) electrons. The number of anilines is 2. The van der Waals surface area contributed by atoms with Gasteiger partial charge in [-0.05, 0) is 29.8 Å². The number of carbonyl (C=O) groups excluding carboxylic acids is 1. The predicted octanol–water partition coefficient (Wildman–Crippen LogP) is 1.41. The first kappa shape index (κ1) is 16.9. The van der Waals surface area contributed by atoms with Crippen LogP contribution in [-0.2, 0) is 17.6 Å². The summed E-state index contributed by atoms with van der Waals surface area (Å²) in [7, 11) is 1.75. The Kier molecular flexibility index (Phi) is 5.67. The molecule has 1 aromatic carbocycles. The number of carbonyl (C=O) groups is 1. The summed E-state index contributed by atoms with van der Waals surface area (Å²) >= 11 is -1.88. The zero-order valence-electron chi connectivity index (χ0n) is 12.6. The van der Waals surface area contributed by atoms with Crippen LogP contribution in [0.4, 0.5) is 11.5 Å². The first-order valence-electron chi connectivity index (χ1n) is 6.83. The standard InChI is InChI=1S/C15H18N4O3S/c1-19(10-23(21)22)13-4-2-3-11(7-13)8-17-14-6-5-12(9-18-14)15(16)20/h2-7,9H,8,10H2,1H3,(H2,16,20)(H,17,18)(H,21,22). The molecule has 0 saturated carbocycles. The number of pyridine rings is 1. The van der Waals surface area contributed by atoms with Crippen molar-refractivity contribution in [3.63, 3.8) is 0 Å². The first-order chi connectivity index (χ1) is 11.0. The number of nitrogens with two attached hydrogens (primary N) is 1. The van der Waals surface area contributed by atoms with E-state index in [0.717, 1.165) is 11.3 Å². The molecule has 23 heavy (non-hydrogen) atoms. The number of aromatic nitrogens is 1. The molecule has 2 rings (SSSR count). The fourth-order valence-corrected chi connectivity index (χ4v) is 2.46. The van der Waals surface area contributed by atoms with Gasteiger partial charge >= 0.3 is 0 Å². The molecule has 7 nitrogen and oxygen atoms in total. The molecule has 0 fully saturated rings. The monoisotopic (exact) mass is 334 g/mol. The van der Waals surface area contributed by atoms with Gasteiger partial charge in [0.1, 0.15) is 11.7 Å². The van der Waals surface area contributed by atoms with E-state index in [4.69, 9.17) is 10.3 Å². The molecule has 0 aliphatic heterocycles. The van der Waals surface area contributed by atoms with Crippen molar-refractivity contribution in [2.75, 3.05) is 23.1 Å². The number of hydrogen-bond donors (Lipinski definition) is 3. The molecule has 0 spiro atoms. The van der Waals surface area contributed by atoms with Gasteiger partial charge in [0, 0.05) is 25.5 Å². The number of primary amides is 1. The van der Waals surface area contributed by atoms with Crippen LogP contribution in [0.1, 0.15) is 15.9 Å². The lowest BCUT2D eigenvalue weighted by molar-refractivity contribution is 0.1000. The van der Waals surface area contributed by atoms with E-state index >= 15 is 0 Å². The number of nitrogens with zero attached hydrogens (tertiary/aromatic N) is 2. The lowest BCUT2D eigenvalue weighted by Crippen LogP contribution is -2.21. The maximum absolute atomic E-state index is 11.0. The summed E-state index contributed by atoms with van der Waals surface area (Å²) in [6, 6.07) is 10.9. The van der Waals surface area contributed by atoms with Crippen molar-refractivity contribution in [1.29, 1.82) is 0 Å². The second-order valence-electron chi connectivity index (χ2n) is 4.97. The molecule has 1 aromatic heterocycles. The number of rotatable bonds is 7. The van der Waals surface area contributed by atoms with Gasteiger partial charge < -0.3 is 20.5 Å². The Balaban J connectivity index is 2.00. The van der Waals surface area contributed by atoms with Crippen LogP contribution in [0.2, 0.25) is 0 Å². The van der Waals surface area contributed by atoms with Crippen LogP contribution in [0.15, 0.2) is 42.6 Å². The van der Waals surface area contributed by atoms with Crippen LogP contribution >= 0.6 is 0 Å². The zero-order valence-corrected chi connectivity index (χ0v) is 13.4. The summed E-state index contributed by atoms with van der Waals surface area (Å²) < 4.78 is 19.8. The van der Waals surface area contributed by atoms with E-state index in [1.807, 2.05) is 24.3 Å².